The number of nitrogens with one attached hydrogen (secondary N) is 1. The van der Waals surface area contributed by atoms with E-state index in [9.17, 15) is 9.90 Å². The fourth-order valence-electron chi connectivity index (χ4n) is 3.25. The topological polar surface area (TPSA) is 71.0 Å². The van der Waals surface area contributed by atoms with Gasteiger partial charge in [-0.25, -0.2) is 0 Å². The maximum Gasteiger partial charge on any atom is 0.255 e. The van der Waals surface area contributed by atoms with Crippen molar-refractivity contribution in [3.63, 3.8) is 0 Å². The number of anilines is 1. The van der Waals surface area contributed by atoms with E-state index in [-0.39, 0.29) is 12.0 Å². The largest absolute Gasteiger partial charge is 0.491 e. The molecule has 0 bridgehead atoms. The minimum absolute atomic E-state index is 0.0948. The molecular formula is C23H30N2O4. The number of aliphatic hydroxyl groups is 1. The van der Waals surface area contributed by atoms with Gasteiger partial charge in [-0.05, 0) is 62.2 Å². The molecule has 1 atom stereocenters. The summed E-state index contributed by atoms with van der Waals surface area (Å²) in [6.45, 7) is 8.13. The van der Waals surface area contributed by atoms with Crippen LogP contribution in [0.15, 0.2) is 48.5 Å². The number of aliphatic hydroxyl groups excluding tert-OH is 1. The van der Waals surface area contributed by atoms with Crippen molar-refractivity contribution in [2.45, 2.75) is 32.5 Å². The molecule has 1 heterocycles. The Balaban J connectivity index is 1.50. The van der Waals surface area contributed by atoms with Crippen molar-refractivity contribution in [2.75, 3.05) is 38.2 Å². The third kappa shape index (κ3) is 6.56. The number of benzene rings is 2. The number of carbonyl (C=O) groups excluding carboxylic acids is 1. The van der Waals surface area contributed by atoms with E-state index in [2.05, 4.69) is 10.2 Å². The van der Waals surface area contributed by atoms with E-state index in [4.69, 9.17) is 9.47 Å². The van der Waals surface area contributed by atoms with E-state index in [1.807, 2.05) is 38.1 Å². The zero-order valence-electron chi connectivity index (χ0n) is 17.1. The highest BCUT2D eigenvalue weighted by Crippen LogP contribution is 2.21. The zero-order chi connectivity index (χ0) is 20.6. The molecule has 0 radical (unpaired) electrons. The van der Waals surface area contributed by atoms with Crippen LogP contribution in [0.2, 0.25) is 0 Å². The van der Waals surface area contributed by atoms with Crippen LogP contribution >= 0.6 is 0 Å². The first-order chi connectivity index (χ1) is 14.0. The van der Waals surface area contributed by atoms with Crippen LogP contribution in [0.3, 0.4) is 0 Å². The standard InChI is InChI=1S/C23H30N2O4/c1-17(2)29-21-9-5-19(6-10-21)23(27)24-20-7-3-18(4-8-20)22(26)11-12-25-13-15-28-16-14-25/h3-10,17,22,26H,11-16H2,1-2H3,(H,24,27). The summed E-state index contributed by atoms with van der Waals surface area (Å²) in [6.07, 6.45) is 0.254. The number of morpholine rings is 1. The number of hydrogen-bond acceptors (Lipinski definition) is 5. The Bertz CT molecular complexity index is 768. The molecule has 6 nitrogen and oxygen atoms in total. The summed E-state index contributed by atoms with van der Waals surface area (Å²) in [5.41, 5.74) is 2.11. The predicted octanol–water partition coefficient (Wildman–Crippen LogP) is 3.48. The summed E-state index contributed by atoms with van der Waals surface area (Å²) in [5.74, 6) is 0.564. The summed E-state index contributed by atoms with van der Waals surface area (Å²) >= 11 is 0. The van der Waals surface area contributed by atoms with Crippen molar-refractivity contribution < 1.29 is 19.4 Å². The van der Waals surface area contributed by atoms with Gasteiger partial charge in [0.15, 0.2) is 0 Å². The molecule has 0 spiro atoms. The molecule has 29 heavy (non-hydrogen) atoms. The monoisotopic (exact) mass is 398 g/mol. The Morgan fingerprint density at radius 1 is 1.10 bits per heavy atom. The minimum Gasteiger partial charge on any atom is -0.491 e. The first-order valence-electron chi connectivity index (χ1n) is 10.2. The maximum atomic E-state index is 12.4. The van der Waals surface area contributed by atoms with Crippen molar-refractivity contribution in [1.29, 1.82) is 0 Å². The fraction of sp³-hybridized carbons (Fsp3) is 0.435. The van der Waals surface area contributed by atoms with Crippen molar-refractivity contribution in [3.05, 3.63) is 59.7 Å². The maximum absolute atomic E-state index is 12.4. The molecule has 1 amide bonds. The lowest BCUT2D eigenvalue weighted by molar-refractivity contribution is 0.0300. The van der Waals surface area contributed by atoms with Gasteiger partial charge in [0.05, 0.1) is 25.4 Å². The number of nitrogens with zero attached hydrogens (tertiary/aromatic N) is 1. The molecular weight excluding hydrogens is 368 g/mol. The molecule has 3 rings (SSSR count). The molecule has 1 saturated heterocycles. The lowest BCUT2D eigenvalue weighted by atomic mass is 10.1. The average Bonchev–Trinajstić information content (AvgIpc) is 2.73. The summed E-state index contributed by atoms with van der Waals surface area (Å²) in [7, 11) is 0. The van der Waals surface area contributed by atoms with Crippen molar-refractivity contribution >= 4 is 11.6 Å². The second kappa shape index (κ2) is 10.4. The van der Waals surface area contributed by atoms with E-state index in [1.165, 1.54) is 0 Å². The van der Waals surface area contributed by atoms with Crippen LogP contribution in [0.4, 0.5) is 5.69 Å². The summed E-state index contributed by atoms with van der Waals surface area (Å²) in [6, 6.07) is 14.4. The van der Waals surface area contributed by atoms with Gasteiger partial charge in [0.1, 0.15) is 5.75 Å². The quantitative estimate of drug-likeness (QED) is 0.712. The van der Waals surface area contributed by atoms with E-state index < -0.39 is 6.10 Å². The smallest absolute Gasteiger partial charge is 0.255 e. The molecule has 1 fully saturated rings. The minimum atomic E-state index is -0.518. The van der Waals surface area contributed by atoms with Crippen LogP contribution in [-0.2, 0) is 4.74 Å². The van der Waals surface area contributed by atoms with Gasteiger partial charge < -0.3 is 19.9 Å². The van der Waals surface area contributed by atoms with Crippen LogP contribution in [0.1, 0.15) is 42.3 Å². The normalized spacial score (nSPS) is 15.9. The van der Waals surface area contributed by atoms with Gasteiger partial charge in [-0.15, -0.1) is 0 Å². The molecule has 1 aliphatic rings. The Labute approximate surface area is 172 Å². The zero-order valence-corrected chi connectivity index (χ0v) is 17.1. The Kier molecular flexibility index (Phi) is 7.63. The second-order valence-electron chi connectivity index (χ2n) is 7.53. The number of rotatable bonds is 8. The van der Waals surface area contributed by atoms with Crippen LogP contribution in [-0.4, -0.2) is 54.9 Å². The van der Waals surface area contributed by atoms with Crippen molar-refractivity contribution in [1.82, 2.24) is 4.90 Å². The number of ether oxygens (including phenoxy) is 2. The Morgan fingerprint density at radius 2 is 1.76 bits per heavy atom. The van der Waals surface area contributed by atoms with Gasteiger partial charge in [-0.2, -0.15) is 0 Å². The predicted molar refractivity (Wildman–Crippen MR) is 113 cm³/mol. The highest BCUT2D eigenvalue weighted by atomic mass is 16.5. The average molecular weight is 399 g/mol. The van der Waals surface area contributed by atoms with E-state index in [1.54, 1.807) is 24.3 Å². The highest BCUT2D eigenvalue weighted by molar-refractivity contribution is 6.04. The van der Waals surface area contributed by atoms with Crippen LogP contribution in [0.25, 0.3) is 0 Å². The Hall–Kier alpha value is -2.41. The van der Waals surface area contributed by atoms with E-state index >= 15 is 0 Å². The van der Waals surface area contributed by atoms with Crippen LogP contribution in [0.5, 0.6) is 5.75 Å². The molecule has 1 aliphatic heterocycles. The number of amides is 1. The van der Waals surface area contributed by atoms with Crippen molar-refractivity contribution in [2.24, 2.45) is 0 Å². The van der Waals surface area contributed by atoms with Gasteiger partial charge >= 0.3 is 0 Å². The van der Waals surface area contributed by atoms with Crippen LogP contribution < -0.4 is 10.1 Å². The molecule has 0 aromatic heterocycles. The summed E-state index contributed by atoms with van der Waals surface area (Å²) in [5, 5.41) is 13.3. The number of carbonyl (C=O) groups is 1. The number of hydrogen-bond donors (Lipinski definition) is 2. The summed E-state index contributed by atoms with van der Waals surface area (Å²) in [4.78, 5) is 14.7. The van der Waals surface area contributed by atoms with Gasteiger partial charge in [0.25, 0.3) is 5.91 Å². The van der Waals surface area contributed by atoms with Crippen LogP contribution in [0, 0.1) is 0 Å². The molecule has 1 unspecified atom stereocenters. The first-order valence-corrected chi connectivity index (χ1v) is 10.2. The Morgan fingerprint density at radius 3 is 2.38 bits per heavy atom. The second-order valence-corrected chi connectivity index (χ2v) is 7.53. The SMILES string of the molecule is CC(C)Oc1ccc(C(=O)Nc2ccc(C(O)CCN3CCOCC3)cc2)cc1. The molecule has 2 aromatic rings. The molecule has 0 aliphatic carbocycles. The highest BCUT2D eigenvalue weighted by Gasteiger charge is 2.14. The van der Waals surface area contributed by atoms with Gasteiger partial charge in [0.2, 0.25) is 0 Å². The van der Waals surface area contributed by atoms with E-state index in [0.29, 0.717) is 17.7 Å². The third-order valence-corrected chi connectivity index (χ3v) is 4.86. The molecule has 2 aromatic carbocycles. The summed E-state index contributed by atoms with van der Waals surface area (Å²) < 4.78 is 10.9. The first kappa shape index (κ1) is 21.3. The fourth-order valence-corrected chi connectivity index (χ4v) is 3.25. The van der Waals surface area contributed by atoms with Gasteiger partial charge in [-0.3, -0.25) is 9.69 Å². The lowest BCUT2D eigenvalue weighted by Crippen LogP contribution is -2.37. The molecule has 0 saturated carbocycles. The lowest BCUT2D eigenvalue weighted by Gasteiger charge is -2.27. The molecule has 2 N–H and O–H groups in total. The van der Waals surface area contributed by atoms with E-state index in [0.717, 1.165) is 44.2 Å². The van der Waals surface area contributed by atoms with Gasteiger partial charge in [0, 0.05) is 30.9 Å². The molecule has 156 valence electrons. The third-order valence-electron chi connectivity index (χ3n) is 4.86. The van der Waals surface area contributed by atoms with Crippen molar-refractivity contribution in [3.8, 4) is 5.75 Å². The molecule has 6 heteroatoms. The van der Waals surface area contributed by atoms with Gasteiger partial charge in [-0.1, -0.05) is 12.1 Å².